The molecule has 0 bridgehead atoms. The molecule has 0 saturated heterocycles. The number of ether oxygens (including phenoxy) is 1. The number of nitrogens with two attached hydrogens (primary N) is 1. The van der Waals surface area contributed by atoms with Crippen LogP contribution < -0.4 is 10.5 Å². The summed E-state index contributed by atoms with van der Waals surface area (Å²) in [5, 5.41) is 1.83. The predicted molar refractivity (Wildman–Crippen MR) is 76.2 cm³/mol. The fraction of sp³-hybridized carbons (Fsp3) is 0.167. The topological polar surface area (TPSA) is 35.2 Å². The number of thiophene rings is 1. The fourth-order valence-corrected chi connectivity index (χ4v) is 3.03. The summed E-state index contributed by atoms with van der Waals surface area (Å²) in [5.74, 6) is -0.260. The highest BCUT2D eigenvalue weighted by atomic mass is 127. The second-order valence-electron chi connectivity index (χ2n) is 3.75. The lowest BCUT2D eigenvalue weighted by Crippen LogP contribution is -2.20. The van der Waals surface area contributed by atoms with Gasteiger partial charge >= 0.3 is 6.36 Å². The van der Waals surface area contributed by atoms with Crippen molar-refractivity contribution >= 4 is 33.9 Å². The second-order valence-corrected chi connectivity index (χ2v) is 6.55. The maximum Gasteiger partial charge on any atom is 0.573 e. The number of hydrogen-bond acceptors (Lipinski definition) is 3. The highest BCUT2D eigenvalue weighted by Crippen LogP contribution is 2.33. The number of hydrogen-bond donors (Lipinski definition) is 1. The first-order valence-corrected chi connectivity index (χ1v) is 7.17. The third-order valence-corrected chi connectivity index (χ3v) is 4.23. The quantitative estimate of drug-likeness (QED) is 0.782. The molecule has 0 radical (unpaired) electrons. The molecule has 1 atom stereocenters. The Hall–Kier alpha value is -0.800. The molecule has 19 heavy (non-hydrogen) atoms. The van der Waals surface area contributed by atoms with Crippen LogP contribution in [-0.2, 0) is 0 Å². The molecule has 2 nitrogen and oxygen atoms in total. The van der Waals surface area contributed by atoms with Gasteiger partial charge in [-0.1, -0.05) is 18.2 Å². The summed E-state index contributed by atoms with van der Waals surface area (Å²) in [4.78, 5) is 0. The van der Waals surface area contributed by atoms with Crippen molar-refractivity contribution in [2.24, 2.45) is 5.73 Å². The smallest absolute Gasteiger partial charge is 0.405 e. The normalized spacial score (nSPS) is 13.3. The van der Waals surface area contributed by atoms with Gasteiger partial charge in [0.05, 0.1) is 8.93 Å². The molecule has 0 fully saturated rings. The van der Waals surface area contributed by atoms with Gasteiger partial charge in [-0.25, -0.2) is 0 Å². The minimum absolute atomic E-state index is 0.260. The van der Waals surface area contributed by atoms with E-state index in [1.54, 1.807) is 6.07 Å². The molecule has 102 valence electrons. The summed E-state index contributed by atoms with van der Waals surface area (Å²) >= 11 is 3.63. The number of rotatable bonds is 3. The van der Waals surface area contributed by atoms with Gasteiger partial charge in [-0.3, -0.25) is 0 Å². The van der Waals surface area contributed by atoms with Gasteiger partial charge in [-0.05, 0) is 45.7 Å². The Morgan fingerprint density at radius 1 is 1.26 bits per heavy atom. The SMILES string of the molecule is NC(c1csc(I)c1)c1ccccc1OC(F)(F)F. The van der Waals surface area contributed by atoms with Gasteiger partial charge < -0.3 is 10.5 Å². The van der Waals surface area contributed by atoms with E-state index in [0.29, 0.717) is 5.56 Å². The zero-order valence-corrected chi connectivity index (χ0v) is 12.4. The monoisotopic (exact) mass is 399 g/mol. The van der Waals surface area contributed by atoms with Crippen LogP contribution in [0.25, 0.3) is 0 Å². The molecule has 0 saturated carbocycles. The Bertz CT molecular complexity index is 570. The molecule has 0 amide bonds. The zero-order chi connectivity index (χ0) is 14.0. The molecule has 2 N–H and O–H groups in total. The molecule has 1 aromatic carbocycles. The van der Waals surface area contributed by atoms with Crippen molar-refractivity contribution < 1.29 is 17.9 Å². The minimum Gasteiger partial charge on any atom is -0.405 e. The number of para-hydroxylation sites is 1. The maximum atomic E-state index is 12.3. The van der Waals surface area contributed by atoms with E-state index >= 15 is 0 Å². The Labute approximate surface area is 125 Å². The summed E-state index contributed by atoms with van der Waals surface area (Å²) in [6.45, 7) is 0. The molecule has 0 aliphatic heterocycles. The van der Waals surface area contributed by atoms with E-state index in [0.717, 1.165) is 8.45 Å². The van der Waals surface area contributed by atoms with Crippen LogP contribution in [0.3, 0.4) is 0 Å². The molecule has 0 spiro atoms. The third-order valence-electron chi connectivity index (χ3n) is 2.43. The van der Waals surface area contributed by atoms with E-state index < -0.39 is 12.4 Å². The van der Waals surface area contributed by atoms with Crippen molar-refractivity contribution in [3.05, 3.63) is 49.7 Å². The Morgan fingerprint density at radius 2 is 1.95 bits per heavy atom. The van der Waals surface area contributed by atoms with Gasteiger partial charge in [-0.2, -0.15) is 0 Å². The average Bonchev–Trinajstić information content (AvgIpc) is 2.74. The zero-order valence-electron chi connectivity index (χ0n) is 9.45. The van der Waals surface area contributed by atoms with E-state index in [-0.39, 0.29) is 5.75 Å². The van der Waals surface area contributed by atoms with Crippen LogP contribution in [0.15, 0.2) is 35.7 Å². The molecule has 0 aliphatic rings. The lowest BCUT2D eigenvalue weighted by molar-refractivity contribution is -0.274. The highest BCUT2D eigenvalue weighted by Gasteiger charge is 2.32. The molecule has 0 aliphatic carbocycles. The van der Waals surface area contributed by atoms with Crippen LogP contribution in [0.4, 0.5) is 13.2 Å². The summed E-state index contributed by atoms with van der Waals surface area (Å²) < 4.78 is 42.0. The third kappa shape index (κ3) is 3.83. The van der Waals surface area contributed by atoms with Gasteiger partial charge in [0, 0.05) is 5.56 Å². The van der Waals surface area contributed by atoms with Crippen molar-refractivity contribution in [3.63, 3.8) is 0 Å². The summed E-state index contributed by atoms with van der Waals surface area (Å²) in [5.41, 5.74) is 7.09. The predicted octanol–water partition coefficient (Wildman–Crippen LogP) is 4.30. The van der Waals surface area contributed by atoms with Gasteiger partial charge in [-0.15, -0.1) is 24.5 Å². The van der Waals surface area contributed by atoms with Crippen molar-refractivity contribution in [2.75, 3.05) is 0 Å². The Morgan fingerprint density at radius 3 is 2.53 bits per heavy atom. The fourth-order valence-electron chi connectivity index (χ4n) is 1.62. The molecule has 1 aromatic heterocycles. The molecular formula is C12H9F3INOS. The van der Waals surface area contributed by atoms with Crippen LogP contribution in [0.1, 0.15) is 17.2 Å². The first-order valence-electron chi connectivity index (χ1n) is 5.21. The lowest BCUT2D eigenvalue weighted by atomic mass is 10.0. The van der Waals surface area contributed by atoms with Gasteiger partial charge in [0.2, 0.25) is 0 Å². The maximum absolute atomic E-state index is 12.3. The van der Waals surface area contributed by atoms with E-state index in [2.05, 4.69) is 27.3 Å². The standard InChI is InChI=1S/C12H9F3INOS/c13-12(14,15)18-9-4-2-1-3-8(9)11(17)7-5-10(16)19-6-7/h1-6,11H,17H2. The molecule has 2 aromatic rings. The Balaban J connectivity index is 2.34. The molecule has 1 heterocycles. The first-order chi connectivity index (χ1) is 8.87. The van der Waals surface area contributed by atoms with Crippen molar-refractivity contribution in [1.29, 1.82) is 0 Å². The molecule has 1 unspecified atom stereocenters. The average molecular weight is 399 g/mol. The highest BCUT2D eigenvalue weighted by molar-refractivity contribution is 14.1. The van der Waals surface area contributed by atoms with E-state index in [9.17, 15) is 13.2 Å². The first kappa shape index (κ1) is 14.6. The van der Waals surface area contributed by atoms with Crippen LogP contribution in [0.2, 0.25) is 0 Å². The number of alkyl halides is 3. The van der Waals surface area contributed by atoms with Crippen LogP contribution in [-0.4, -0.2) is 6.36 Å². The van der Waals surface area contributed by atoms with Gasteiger partial charge in [0.1, 0.15) is 5.75 Å². The van der Waals surface area contributed by atoms with Crippen LogP contribution >= 0.6 is 33.9 Å². The van der Waals surface area contributed by atoms with E-state index in [4.69, 9.17) is 5.73 Å². The molecule has 2 rings (SSSR count). The van der Waals surface area contributed by atoms with Crippen molar-refractivity contribution in [1.82, 2.24) is 0 Å². The van der Waals surface area contributed by atoms with Crippen LogP contribution in [0, 0.1) is 2.88 Å². The lowest BCUT2D eigenvalue weighted by Gasteiger charge is -2.17. The number of benzene rings is 1. The van der Waals surface area contributed by atoms with E-state index in [1.165, 1.54) is 29.5 Å². The van der Waals surface area contributed by atoms with Crippen LogP contribution in [0.5, 0.6) is 5.75 Å². The van der Waals surface area contributed by atoms with E-state index in [1.807, 2.05) is 11.4 Å². The second kappa shape index (κ2) is 5.68. The summed E-state index contributed by atoms with van der Waals surface area (Å²) in [6, 6.07) is 7.12. The Kier molecular flexibility index (Phi) is 4.36. The molecule has 7 heteroatoms. The van der Waals surface area contributed by atoms with Gasteiger partial charge in [0.25, 0.3) is 0 Å². The summed E-state index contributed by atoms with van der Waals surface area (Å²) in [7, 11) is 0. The largest absolute Gasteiger partial charge is 0.573 e. The van der Waals surface area contributed by atoms with Gasteiger partial charge in [0.15, 0.2) is 0 Å². The van der Waals surface area contributed by atoms with Crippen molar-refractivity contribution in [3.8, 4) is 5.75 Å². The summed E-state index contributed by atoms with van der Waals surface area (Å²) in [6.07, 6.45) is -4.72. The molecular weight excluding hydrogens is 390 g/mol. The number of halogens is 4. The van der Waals surface area contributed by atoms with Crippen molar-refractivity contribution in [2.45, 2.75) is 12.4 Å². The minimum atomic E-state index is -4.72.